The normalized spacial score (nSPS) is 11.3. The van der Waals surface area contributed by atoms with E-state index in [0.717, 1.165) is 10.1 Å². The zero-order valence-electron chi connectivity index (χ0n) is 22.5. The highest BCUT2D eigenvalue weighted by molar-refractivity contribution is 5.95. The number of hydrogen-bond donors (Lipinski definition) is 1. The minimum atomic E-state index is -0.624. The van der Waals surface area contributed by atoms with Crippen LogP contribution in [-0.4, -0.2) is 38.7 Å². The molecule has 0 aliphatic heterocycles. The monoisotopic (exact) mass is 530 g/mol. The Labute approximate surface area is 224 Å². The van der Waals surface area contributed by atoms with Gasteiger partial charge in [-0.25, -0.2) is 14.6 Å². The lowest BCUT2D eigenvalue weighted by molar-refractivity contribution is 0.00694. The Bertz CT molecular complexity index is 1650. The molecule has 0 atom stereocenters. The Morgan fingerprint density at radius 1 is 0.974 bits per heavy atom. The van der Waals surface area contributed by atoms with Crippen molar-refractivity contribution in [3.8, 4) is 5.75 Å². The maximum absolute atomic E-state index is 13.4. The number of aryl methyl sites for hydroxylation is 1. The van der Waals surface area contributed by atoms with Crippen LogP contribution in [0.15, 0.2) is 70.4 Å². The number of fused-ring (bicyclic) bond motifs is 1. The molecule has 1 amide bonds. The molecular weight excluding hydrogens is 500 g/mol. The van der Waals surface area contributed by atoms with E-state index >= 15 is 0 Å². The smallest absolute Gasteiger partial charge is 0.338 e. The Kier molecular flexibility index (Phi) is 7.66. The molecule has 0 aliphatic carbocycles. The van der Waals surface area contributed by atoms with Crippen molar-refractivity contribution in [1.82, 2.24) is 19.4 Å². The average Bonchev–Trinajstić information content (AvgIpc) is 2.92. The van der Waals surface area contributed by atoms with Crippen LogP contribution in [0, 0.1) is 0 Å². The summed E-state index contributed by atoms with van der Waals surface area (Å²) in [4.78, 5) is 55.6. The van der Waals surface area contributed by atoms with Crippen molar-refractivity contribution in [3.05, 3.63) is 104 Å². The first-order chi connectivity index (χ1) is 18.5. The molecule has 2 aromatic carbocycles. The maximum atomic E-state index is 13.4. The van der Waals surface area contributed by atoms with Gasteiger partial charge in [-0.2, -0.15) is 0 Å². The highest BCUT2D eigenvalue weighted by Crippen LogP contribution is 2.14. The van der Waals surface area contributed by atoms with Gasteiger partial charge >= 0.3 is 11.7 Å². The van der Waals surface area contributed by atoms with Gasteiger partial charge in [-0.3, -0.25) is 18.7 Å². The van der Waals surface area contributed by atoms with E-state index < -0.39 is 28.7 Å². The fourth-order valence-corrected chi connectivity index (χ4v) is 3.95. The number of nitrogens with one attached hydrogen (secondary N) is 1. The van der Waals surface area contributed by atoms with E-state index in [2.05, 4.69) is 10.3 Å². The van der Waals surface area contributed by atoms with Crippen molar-refractivity contribution in [1.29, 1.82) is 0 Å². The SMILES string of the molecule is COc1ccc(CNC(=O)c2cc3c(=O)n(Cc4ccc(C(=O)OC(C)(C)C)cc4)c(=O)n(C)c3cn2)cc1. The van der Waals surface area contributed by atoms with E-state index in [4.69, 9.17) is 9.47 Å². The molecule has 0 saturated heterocycles. The van der Waals surface area contributed by atoms with Crippen LogP contribution < -0.4 is 21.3 Å². The number of amides is 1. The average molecular weight is 531 g/mol. The van der Waals surface area contributed by atoms with Crippen molar-refractivity contribution in [3.63, 3.8) is 0 Å². The van der Waals surface area contributed by atoms with Crippen LogP contribution in [0.3, 0.4) is 0 Å². The molecule has 10 heteroatoms. The highest BCUT2D eigenvalue weighted by atomic mass is 16.6. The summed E-state index contributed by atoms with van der Waals surface area (Å²) in [7, 11) is 3.12. The largest absolute Gasteiger partial charge is 0.497 e. The number of rotatable bonds is 7. The number of pyridine rings is 1. The first kappa shape index (κ1) is 27.3. The van der Waals surface area contributed by atoms with Gasteiger partial charge in [-0.15, -0.1) is 0 Å². The summed E-state index contributed by atoms with van der Waals surface area (Å²) in [6.07, 6.45) is 1.35. The molecule has 2 heterocycles. The van der Waals surface area contributed by atoms with Gasteiger partial charge in [0.2, 0.25) is 0 Å². The minimum Gasteiger partial charge on any atom is -0.497 e. The topological polar surface area (TPSA) is 122 Å². The Hall–Kier alpha value is -4.73. The number of carbonyl (C=O) groups is 2. The quantitative estimate of drug-likeness (QED) is 0.365. The first-order valence-electron chi connectivity index (χ1n) is 12.3. The van der Waals surface area contributed by atoms with Crippen LogP contribution in [0.4, 0.5) is 0 Å². The predicted molar refractivity (Wildman–Crippen MR) is 146 cm³/mol. The molecule has 0 saturated carbocycles. The summed E-state index contributed by atoms with van der Waals surface area (Å²) < 4.78 is 12.9. The summed E-state index contributed by atoms with van der Waals surface area (Å²) in [6, 6.07) is 15.2. The highest BCUT2D eigenvalue weighted by Gasteiger charge is 2.19. The molecule has 4 aromatic rings. The summed E-state index contributed by atoms with van der Waals surface area (Å²) in [5.41, 5.74) is 0.552. The van der Waals surface area contributed by atoms with Gasteiger partial charge in [0, 0.05) is 13.6 Å². The van der Waals surface area contributed by atoms with Crippen molar-refractivity contribution < 1.29 is 19.1 Å². The van der Waals surface area contributed by atoms with E-state index in [1.807, 2.05) is 12.1 Å². The molecule has 0 aliphatic rings. The number of benzene rings is 2. The van der Waals surface area contributed by atoms with Crippen LogP contribution in [0.1, 0.15) is 52.7 Å². The predicted octanol–water partition coefficient (Wildman–Crippen LogP) is 3.04. The lowest BCUT2D eigenvalue weighted by atomic mass is 10.1. The van der Waals surface area contributed by atoms with Crippen LogP contribution in [0.2, 0.25) is 0 Å². The van der Waals surface area contributed by atoms with Crippen LogP contribution in [0.5, 0.6) is 5.75 Å². The molecule has 39 heavy (non-hydrogen) atoms. The zero-order valence-corrected chi connectivity index (χ0v) is 22.5. The number of nitrogens with zero attached hydrogens (tertiary/aromatic N) is 3. The number of aromatic nitrogens is 3. The van der Waals surface area contributed by atoms with Gasteiger partial charge in [0.05, 0.1) is 36.3 Å². The second kappa shape index (κ2) is 10.9. The van der Waals surface area contributed by atoms with E-state index in [1.165, 1.54) is 23.9 Å². The van der Waals surface area contributed by atoms with Gasteiger partial charge in [0.1, 0.15) is 17.0 Å². The van der Waals surface area contributed by atoms with Crippen LogP contribution in [0.25, 0.3) is 10.9 Å². The summed E-state index contributed by atoms with van der Waals surface area (Å²) in [6.45, 7) is 5.60. The van der Waals surface area contributed by atoms with Crippen molar-refractivity contribution in [2.45, 2.75) is 39.5 Å². The lowest BCUT2D eigenvalue weighted by Crippen LogP contribution is -2.39. The molecule has 0 radical (unpaired) electrons. The Balaban J connectivity index is 1.58. The second-order valence-electron chi connectivity index (χ2n) is 10.0. The number of ether oxygens (including phenoxy) is 2. The number of carbonyl (C=O) groups excluding carboxylic acids is 2. The maximum Gasteiger partial charge on any atom is 0.338 e. The van der Waals surface area contributed by atoms with Gasteiger partial charge in [0.15, 0.2) is 0 Å². The van der Waals surface area contributed by atoms with Crippen molar-refractivity contribution in [2.75, 3.05) is 7.11 Å². The summed E-state index contributed by atoms with van der Waals surface area (Å²) in [5.74, 6) is -0.203. The molecule has 0 bridgehead atoms. The van der Waals surface area contributed by atoms with Gasteiger partial charge in [-0.1, -0.05) is 24.3 Å². The third-order valence-electron chi connectivity index (χ3n) is 6.01. The second-order valence-corrected chi connectivity index (χ2v) is 10.0. The van der Waals surface area contributed by atoms with E-state index in [0.29, 0.717) is 22.4 Å². The van der Waals surface area contributed by atoms with Gasteiger partial charge in [0.25, 0.3) is 11.5 Å². The molecular formula is C29H30N4O6. The van der Waals surface area contributed by atoms with Crippen molar-refractivity contribution >= 4 is 22.8 Å². The fourth-order valence-electron chi connectivity index (χ4n) is 3.95. The fraction of sp³-hybridized carbons (Fsp3) is 0.276. The van der Waals surface area contributed by atoms with Crippen molar-refractivity contribution in [2.24, 2.45) is 7.05 Å². The van der Waals surface area contributed by atoms with E-state index in [9.17, 15) is 19.2 Å². The number of esters is 1. The Morgan fingerprint density at radius 3 is 2.23 bits per heavy atom. The zero-order chi connectivity index (χ0) is 28.3. The summed E-state index contributed by atoms with van der Waals surface area (Å²) >= 11 is 0. The summed E-state index contributed by atoms with van der Waals surface area (Å²) in [5, 5.41) is 2.98. The molecule has 202 valence electrons. The molecule has 0 spiro atoms. The van der Waals surface area contributed by atoms with Crippen LogP contribution in [-0.2, 0) is 24.9 Å². The molecule has 2 aromatic heterocycles. The molecule has 0 unspecified atom stereocenters. The van der Waals surface area contributed by atoms with Gasteiger partial charge < -0.3 is 14.8 Å². The number of hydrogen-bond acceptors (Lipinski definition) is 7. The molecule has 10 nitrogen and oxygen atoms in total. The third-order valence-corrected chi connectivity index (χ3v) is 6.01. The van der Waals surface area contributed by atoms with E-state index in [1.54, 1.807) is 64.3 Å². The minimum absolute atomic E-state index is 0.0165. The molecule has 0 fully saturated rings. The van der Waals surface area contributed by atoms with Crippen LogP contribution >= 0.6 is 0 Å². The molecule has 4 rings (SSSR count). The molecule has 1 N–H and O–H groups in total. The lowest BCUT2D eigenvalue weighted by Gasteiger charge is -2.19. The Morgan fingerprint density at radius 2 is 1.62 bits per heavy atom. The standard InChI is InChI=1S/C29H30N4O6/c1-29(2,3)39-27(36)20-10-6-19(7-11-20)17-33-26(35)22-14-23(30-16-24(22)32(4)28(33)37)25(34)31-15-18-8-12-21(38-5)13-9-18/h6-14,16H,15,17H2,1-5H3,(H,31,34). The van der Waals surface area contributed by atoms with E-state index in [-0.39, 0.29) is 24.2 Å². The number of methoxy groups -OCH3 is 1. The van der Waals surface area contributed by atoms with Gasteiger partial charge in [-0.05, 0) is 62.2 Å². The third kappa shape index (κ3) is 6.23. The first-order valence-corrected chi connectivity index (χ1v) is 12.3.